The summed E-state index contributed by atoms with van der Waals surface area (Å²) in [6.07, 6.45) is 4.20. The van der Waals surface area contributed by atoms with Gasteiger partial charge in [-0.3, -0.25) is 14.4 Å². The third kappa shape index (κ3) is 4.41. The minimum Gasteiger partial charge on any atom is -0.455 e. The molecule has 0 atom stereocenters. The van der Waals surface area contributed by atoms with Crippen LogP contribution in [0, 0.1) is 0 Å². The molecule has 1 aromatic carbocycles. The smallest absolute Gasteiger partial charge is 0.292 e. The molecule has 2 aromatic heterocycles. The van der Waals surface area contributed by atoms with Gasteiger partial charge in [0.15, 0.2) is 11.6 Å². The molecule has 0 saturated carbocycles. The van der Waals surface area contributed by atoms with Crippen molar-refractivity contribution in [3.8, 4) is 0 Å². The van der Waals surface area contributed by atoms with Crippen molar-refractivity contribution in [1.29, 1.82) is 0 Å². The monoisotopic (exact) mass is 418 g/mol. The summed E-state index contributed by atoms with van der Waals surface area (Å²) in [7, 11) is 0. The highest BCUT2D eigenvalue weighted by atomic mass is 35.5. The van der Waals surface area contributed by atoms with Gasteiger partial charge in [0.2, 0.25) is 0 Å². The second-order valence-corrected chi connectivity index (χ2v) is 7.62. The lowest BCUT2D eigenvalue weighted by molar-refractivity contribution is 0.0993. The molecule has 146 valence electrons. The minimum absolute atomic E-state index is 0.276. The number of nitrogens with zero attached hydrogens (tertiary/aromatic N) is 3. The van der Waals surface area contributed by atoms with E-state index in [2.05, 4.69) is 15.3 Å². The van der Waals surface area contributed by atoms with E-state index in [9.17, 15) is 4.79 Å². The van der Waals surface area contributed by atoms with Gasteiger partial charge in [0.1, 0.15) is 5.76 Å². The van der Waals surface area contributed by atoms with Gasteiger partial charge in [0, 0.05) is 27.9 Å². The van der Waals surface area contributed by atoms with Gasteiger partial charge in [-0.25, -0.2) is 0 Å². The highest BCUT2D eigenvalue weighted by molar-refractivity contribution is 6.35. The SMILES string of the molecule is O=C(Nc1ccn(Cc2c(Cl)cccc2Cl)n1)c1ccc(CN2CCCC2)o1. The zero-order valence-electron chi connectivity index (χ0n) is 15.2. The molecule has 4 rings (SSSR count). The number of furan rings is 1. The van der Waals surface area contributed by atoms with Crippen LogP contribution >= 0.6 is 23.2 Å². The fourth-order valence-electron chi connectivity index (χ4n) is 3.29. The molecule has 3 heterocycles. The Kier molecular flexibility index (Phi) is 5.71. The van der Waals surface area contributed by atoms with Crippen LogP contribution in [0.1, 0.15) is 34.7 Å². The third-order valence-electron chi connectivity index (χ3n) is 4.73. The van der Waals surface area contributed by atoms with E-state index in [1.54, 1.807) is 41.2 Å². The molecule has 0 aliphatic carbocycles. The van der Waals surface area contributed by atoms with Crippen LogP contribution in [0.4, 0.5) is 5.82 Å². The molecule has 3 aromatic rings. The Morgan fingerprint density at radius 3 is 2.57 bits per heavy atom. The summed E-state index contributed by atoms with van der Waals surface area (Å²) in [6, 6.07) is 10.6. The quantitative estimate of drug-likeness (QED) is 0.630. The van der Waals surface area contributed by atoms with Gasteiger partial charge in [-0.2, -0.15) is 5.10 Å². The molecule has 0 spiro atoms. The van der Waals surface area contributed by atoms with Crippen LogP contribution in [0.15, 0.2) is 47.0 Å². The number of amides is 1. The van der Waals surface area contributed by atoms with Gasteiger partial charge in [-0.15, -0.1) is 0 Å². The molecule has 1 saturated heterocycles. The lowest BCUT2D eigenvalue weighted by Gasteiger charge is -2.11. The molecule has 6 nitrogen and oxygen atoms in total. The van der Waals surface area contributed by atoms with E-state index in [1.165, 1.54) is 12.8 Å². The van der Waals surface area contributed by atoms with Crippen LogP contribution in [0.25, 0.3) is 0 Å². The minimum atomic E-state index is -0.325. The zero-order valence-corrected chi connectivity index (χ0v) is 16.7. The Hall–Kier alpha value is -2.28. The van der Waals surface area contributed by atoms with Crippen molar-refractivity contribution in [3.63, 3.8) is 0 Å². The largest absolute Gasteiger partial charge is 0.455 e. The number of hydrogen-bond donors (Lipinski definition) is 1. The van der Waals surface area contributed by atoms with Crippen molar-refractivity contribution in [2.45, 2.75) is 25.9 Å². The first-order chi connectivity index (χ1) is 13.6. The average molecular weight is 419 g/mol. The second kappa shape index (κ2) is 8.39. The zero-order chi connectivity index (χ0) is 19.5. The van der Waals surface area contributed by atoms with Gasteiger partial charge in [0.05, 0.1) is 13.1 Å². The molecule has 0 radical (unpaired) electrons. The lowest BCUT2D eigenvalue weighted by atomic mass is 10.2. The molecule has 1 aliphatic heterocycles. The predicted octanol–water partition coefficient (Wildman–Crippen LogP) is 4.68. The summed E-state index contributed by atoms with van der Waals surface area (Å²) in [4.78, 5) is 14.8. The number of hydrogen-bond acceptors (Lipinski definition) is 4. The van der Waals surface area contributed by atoms with Gasteiger partial charge in [-0.1, -0.05) is 29.3 Å². The van der Waals surface area contributed by atoms with E-state index in [1.807, 2.05) is 6.07 Å². The first-order valence-electron chi connectivity index (χ1n) is 9.17. The molecule has 1 amide bonds. The molecule has 1 fully saturated rings. The standard InChI is InChI=1S/C20H20Cl2N4O2/c21-16-4-3-5-17(22)15(16)13-26-11-8-19(24-26)23-20(27)18-7-6-14(28-18)12-25-9-1-2-10-25/h3-8,11H,1-2,9-10,12-13H2,(H,23,24,27). The third-order valence-corrected chi connectivity index (χ3v) is 5.44. The van der Waals surface area contributed by atoms with Gasteiger partial charge >= 0.3 is 0 Å². The van der Waals surface area contributed by atoms with E-state index < -0.39 is 0 Å². The maximum Gasteiger partial charge on any atom is 0.292 e. The van der Waals surface area contributed by atoms with Crippen molar-refractivity contribution < 1.29 is 9.21 Å². The Morgan fingerprint density at radius 2 is 1.82 bits per heavy atom. The summed E-state index contributed by atoms with van der Waals surface area (Å²) in [5.41, 5.74) is 0.782. The van der Waals surface area contributed by atoms with Crippen molar-refractivity contribution in [1.82, 2.24) is 14.7 Å². The normalized spacial score (nSPS) is 14.5. The van der Waals surface area contributed by atoms with E-state index in [0.717, 1.165) is 31.0 Å². The topological polar surface area (TPSA) is 63.3 Å². The van der Waals surface area contributed by atoms with Crippen LogP contribution in [0.2, 0.25) is 10.0 Å². The lowest BCUT2D eigenvalue weighted by Crippen LogP contribution is -2.18. The van der Waals surface area contributed by atoms with E-state index >= 15 is 0 Å². The fourth-order valence-corrected chi connectivity index (χ4v) is 3.80. The van der Waals surface area contributed by atoms with Crippen LogP contribution in [-0.2, 0) is 13.1 Å². The highest BCUT2D eigenvalue weighted by Gasteiger charge is 2.17. The molecule has 0 bridgehead atoms. The number of rotatable bonds is 6. The van der Waals surface area contributed by atoms with Crippen molar-refractivity contribution in [3.05, 3.63) is 69.7 Å². The number of aromatic nitrogens is 2. The number of benzene rings is 1. The Balaban J connectivity index is 1.38. The highest BCUT2D eigenvalue weighted by Crippen LogP contribution is 2.25. The summed E-state index contributed by atoms with van der Waals surface area (Å²) in [6.45, 7) is 3.31. The second-order valence-electron chi connectivity index (χ2n) is 6.80. The number of nitrogens with one attached hydrogen (secondary N) is 1. The molecule has 28 heavy (non-hydrogen) atoms. The van der Waals surface area contributed by atoms with Crippen LogP contribution < -0.4 is 5.32 Å². The molecular formula is C20H20Cl2N4O2. The molecule has 0 unspecified atom stereocenters. The van der Waals surface area contributed by atoms with Crippen LogP contribution in [-0.4, -0.2) is 33.7 Å². The molecule has 1 aliphatic rings. The summed E-state index contributed by atoms with van der Waals surface area (Å²) < 4.78 is 7.36. The van der Waals surface area contributed by atoms with E-state index in [-0.39, 0.29) is 11.7 Å². The summed E-state index contributed by atoms with van der Waals surface area (Å²) in [5.74, 6) is 1.18. The number of carbonyl (C=O) groups excluding carboxylic acids is 1. The predicted molar refractivity (Wildman–Crippen MR) is 109 cm³/mol. The maximum absolute atomic E-state index is 12.4. The number of carbonyl (C=O) groups is 1. The van der Waals surface area contributed by atoms with Crippen molar-refractivity contribution in [2.24, 2.45) is 0 Å². The first kappa shape index (κ1) is 19.1. The van der Waals surface area contributed by atoms with Crippen molar-refractivity contribution in [2.75, 3.05) is 18.4 Å². The van der Waals surface area contributed by atoms with Gasteiger partial charge in [-0.05, 0) is 50.2 Å². The Bertz CT molecular complexity index is 956. The number of likely N-dealkylation sites (tertiary alicyclic amines) is 1. The average Bonchev–Trinajstić information content (AvgIpc) is 3.41. The van der Waals surface area contributed by atoms with Gasteiger partial charge in [0.25, 0.3) is 5.91 Å². The first-order valence-corrected chi connectivity index (χ1v) is 9.93. The summed E-state index contributed by atoms with van der Waals surface area (Å²) in [5, 5.41) is 8.27. The van der Waals surface area contributed by atoms with Crippen molar-refractivity contribution >= 4 is 34.9 Å². The molecule has 8 heteroatoms. The summed E-state index contributed by atoms with van der Waals surface area (Å²) >= 11 is 12.4. The maximum atomic E-state index is 12.4. The Morgan fingerprint density at radius 1 is 1.07 bits per heavy atom. The molecule has 1 N–H and O–H groups in total. The van der Waals surface area contributed by atoms with Crippen LogP contribution in [0.5, 0.6) is 0 Å². The molecular weight excluding hydrogens is 399 g/mol. The van der Waals surface area contributed by atoms with Gasteiger partial charge < -0.3 is 9.73 Å². The van der Waals surface area contributed by atoms with Crippen LogP contribution in [0.3, 0.4) is 0 Å². The fraction of sp³-hybridized carbons (Fsp3) is 0.300. The Labute approximate surface area is 173 Å². The van der Waals surface area contributed by atoms with E-state index in [0.29, 0.717) is 22.4 Å². The number of anilines is 1. The van der Waals surface area contributed by atoms with E-state index in [4.69, 9.17) is 27.6 Å². The number of halogens is 2.